The van der Waals surface area contributed by atoms with Gasteiger partial charge in [-0.3, -0.25) is 0 Å². The van der Waals surface area contributed by atoms with Crippen LogP contribution in [0.15, 0.2) is 24.3 Å². The smallest absolute Gasteiger partial charge is 0.317 e. The highest BCUT2D eigenvalue weighted by molar-refractivity contribution is 7.88. The van der Waals surface area contributed by atoms with Crippen molar-refractivity contribution < 1.29 is 17.9 Å². The van der Waals surface area contributed by atoms with Crippen molar-refractivity contribution in [3.8, 4) is 0 Å². The largest absolute Gasteiger partial charge is 0.381 e. The summed E-state index contributed by atoms with van der Waals surface area (Å²) in [5, 5.41) is 2.90. The Kier molecular flexibility index (Phi) is 5.84. The van der Waals surface area contributed by atoms with Gasteiger partial charge in [0.1, 0.15) is 0 Å². The van der Waals surface area contributed by atoms with Gasteiger partial charge in [-0.05, 0) is 25.3 Å². The fourth-order valence-corrected chi connectivity index (χ4v) is 4.98. The normalized spacial score (nSPS) is 19.4. The molecule has 0 bridgehead atoms. The summed E-state index contributed by atoms with van der Waals surface area (Å²) >= 11 is 0. The maximum absolute atomic E-state index is 12.3. The van der Waals surface area contributed by atoms with Gasteiger partial charge in [0.15, 0.2) is 0 Å². The van der Waals surface area contributed by atoms with Gasteiger partial charge >= 0.3 is 6.03 Å². The molecule has 8 heteroatoms. The van der Waals surface area contributed by atoms with E-state index in [9.17, 15) is 13.2 Å². The van der Waals surface area contributed by atoms with Crippen LogP contribution in [-0.2, 0) is 21.3 Å². The van der Waals surface area contributed by atoms with Gasteiger partial charge < -0.3 is 15.0 Å². The number of carbonyl (C=O) groups is 1. The summed E-state index contributed by atoms with van der Waals surface area (Å²) in [5.74, 6) is 0. The van der Waals surface area contributed by atoms with Gasteiger partial charge in [-0.2, -0.15) is 4.31 Å². The van der Waals surface area contributed by atoms with Crippen molar-refractivity contribution in [2.24, 2.45) is 0 Å². The molecule has 0 saturated carbocycles. The summed E-state index contributed by atoms with van der Waals surface area (Å²) in [6.45, 7) is 4.53. The molecule has 0 aliphatic carbocycles. The highest BCUT2D eigenvalue weighted by Crippen LogP contribution is 2.25. The Labute approximate surface area is 155 Å². The number of sulfonamides is 1. The van der Waals surface area contributed by atoms with Crippen molar-refractivity contribution in [2.45, 2.75) is 38.4 Å². The number of ether oxygens (including phenoxy) is 1. The molecule has 0 atom stereocenters. The van der Waals surface area contributed by atoms with Crippen LogP contribution in [0.3, 0.4) is 0 Å². The van der Waals surface area contributed by atoms with Gasteiger partial charge in [0.2, 0.25) is 10.0 Å². The zero-order valence-corrected chi connectivity index (χ0v) is 16.2. The minimum absolute atomic E-state index is 0.0264. The predicted octanol–water partition coefficient (Wildman–Crippen LogP) is 1.33. The lowest BCUT2D eigenvalue weighted by atomic mass is 10.0. The third kappa shape index (κ3) is 4.55. The first-order valence-corrected chi connectivity index (χ1v) is 10.8. The van der Waals surface area contributed by atoms with Crippen LogP contribution in [0.1, 0.15) is 24.0 Å². The molecular formula is C18H27N3O4S. The Morgan fingerprint density at radius 3 is 2.38 bits per heavy atom. The molecule has 1 aromatic rings. The number of carbonyl (C=O) groups excluding carboxylic acids is 1. The van der Waals surface area contributed by atoms with Crippen molar-refractivity contribution >= 4 is 16.1 Å². The third-order valence-electron chi connectivity index (χ3n) is 5.01. The lowest BCUT2D eigenvalue weighted by molar-refractivity contribution is 0.0230. The highest BCUT2D eigenvalue weighted by Gasteiger charge is 2.42. The number of hydrogen-bond acceptors (Lipinski definition) is 4. The fourth-order valence-electron chi connectivity index (χ4n) is 3.56. The monoisotopic (exact) mass is 381 g/mol. The number of rotatable bonds is 5. The molecular weight excluding hydrogens is 354 g/mol. The summed E-state index contributed by atoms with van der Waals surface area (Å²) in [6, 6.07) is 7.69. The Bertz CT molecular complexity index is 723. The van der Waals surface area contributed by atoms with E-state index in [-0.39, 0.29) is 18.1 Å². The number of aryl methyl sites for hydroxylation is 1. The molecule has 2 fully saturated rings. The van der Waals surface area contributed by atoms with Crippen LogP contribution >= 0.6 is 0 Å². The molecule has 2 aliphatic rings. The molecule has 0 aromatic heterocycles. The van der Waals surface area contributed by atoms with Crippen molar-refractivity contribution in [1.82, 2.24) is 14.5 Å². The number of hydrogen-bond donors (Lipinski definition) is 1. The van der Waals surface area contributed by atoms with Crippen LogP contribution in [0.2, 0.25) is 0 Å². The van der Waals surface area contributed by atoms with E-state index in [1.54, 1.807) is 9.21 Å². The van der Waals surface area contributed by atoms with Gasteiger partial charge in [-0.1, -0.05) is 29.8 Å². The van der Waals surface area contributed by atoms with Crippen LogP contribution in [0.5, 0.6) is 0 Å². The predicted molar refractivity (Wildman–Crippen MR) is 99.3 cm³/mol. The topological polar surface area (TPSA) is 79.0 Å². The highest BCUT2D eigenvalue weighted by atomic mass is 32.2. The van der Waals surface area contributed by atoms with E-state index in [4.69, 9.17) is 4.74 Å². The van der Waals surface area contributed by atoms with Crippen molar-refractivity contribution in [3.05, 3.63) is 35.4 Å². The number of nitrogens with one attached hydrogen (secondary N) is 1. The van der Waals surface area contributed by atoms with Crippen LogP contribution in [0, 0.1) is 6.92 Å². The van der Waals surface area contributed by atoms with Crippen LogP contribution in [0.25, 0.3) is 0 Å². The molecule has 0 unspecified atom stereocenters. The van der Waals surface area contributed by atoms with Crippen molar-refractivity contribution in [3.63, 3.8) is 0 Å². The average Bonchev–Trinajstić information content (AvgIpc) is 2.56. The zero-order valence-electron chi connectivity index (χ0n) is 15.3. The second-order valence-corrected chi connectivity index (χ2v) is 9.03. The Morgan fingerprint density at radius 2 is 1.81 bits per heavy atom. The molecule has 26 heavy (non-hydrogen) atoms. The number of amides is 2. The van der Waals surface area contributed by atoms with Gasteiger partial charge in [-0.25, -0.2) is 13.2 Å². The fraction of sp³-hybridized carbons (Fsp3) is 0.611. The zero-order chi connectivity index (χ0) is 18.7. The van der Waals surface area contributed by atoms with Crippen molar-refractivity contribution in [2.75, 3.05) is 32.6 Å². The van der Waals surface area contributed by atoms with E-state index in [2.05, 4.69) is 5.32 Å². The minimum Gasteiger partial charge on any atom is -0.381 e. The quantitative estimate of drug-likeness (QED) is 0.835. The standard InChI is InChI=1S/C18H27N3O4S/c1-14-3-5-15(6-4-14)11-19-18(22)20-12-17(13-20)21(26(2,23)24)16-7-9-25-10-8-16/h3-6,16-17H,7-13H2,1-2H3,(H,19,22). The molecule has 1 N–H and O–H groups in total. The SMILES string of the molecule is Cc1ccc(CNC(=O)N2CC(N(C3CCOCC3)S(C)(=O)=O)C2)cc1. The summed E-state index contributed by atoms with van der Waals surface area (Å²) in [7, 11) is -3.31. The van der Waals surface area contributed by atoms with Gasteiger partial charge in [0.25, 0.3) is 0 Å². The first kappa shape index (κ1) is 19.1. The molecule has 0 radical (unpaired) electrons. The number of urea groups is 1. The Hall–Kier alpha value is -1.64. The maximum atomic E-state index is 12.3. The van der Waals surface area contributed by atoms with Crippen LogP contribution in [0.4, 0.5) is 4.79 Å². The van der Waals surface area contributed by atoms with E-state index in [0.717, 1.165) is 5.56 Å². The Morgan fingerprint density at radius 1 is 1.19 bits per heavy atom. The second-order valence-electron chi connectivity index (χ2n) is 7.14. The van der Waals surface area contributed by atoms with Crippen LogP contribution < -0.4 is 5.32 Å². The lowest BCUT2D eigenvalue weighted by Gasteiger charge is -2.47. The summed E-state index contributed by atoms with van der Waals surface area (Å²) in [4.78, 5) is 13.9. The number of benzene rings is 1. The molecule has 2 aliphatic heterocycles. The molecule has 2 heterocycles. The van der Waals surface area contributed by atoms with E-state index in [0.29, 0.717) is 45.7 Å². The van der Waals surface area contributed by atoms with E-state index < -0.39 is 10.0 Å². The molecule has 1 aromatic carbocycles. The van der Waals surface area contributed by atoms with Gasteiger partial charge in [0.05, 0.1) is 12.3 Å². The van der Waals surface area contributed by atoms with Gasteiger partial charge in [0, 0.05) is 38.9 Å². The molecule has 3 rings (SSSR count). The average molecular weight is 381 g/mol. The lowest BCUT2D eigenvalue weighted by Crippen LogP contribution is -2.66. The molecule has 2 amide bonds. The third-order valence-corrected chi connectivity index (χ3v) is 6.37. The first-order chi connectivity index (χ1) is 12.3. The maximum Gasteiger partial charge on any atom is 0.317 e. The van der Waals surface area contributed by atoms with Crippen molar-refractivity contribution in [1.29, 1.82) is 0 Å². The second kappa shape index (κ2) is 7.94. The summed E-state index contributed by atoms with van der Waals surface area (Å²) in [5.41, 5.74) is 2.22. The van der Waals surface area contributed by atoms with Gasteiger partial charge in [-0.15, -0.1) is 0 Å². The minimum atomic E-state index is -3.31. The molecule has 144 valence electrons. The van der Waals surface area contributed by atoms with Crippen LogP contribution in [-0.4, -0.2) is 68.3 Å². The molecule has 0 spiro atoms. The summed E-state index contributed by atoms with van der Waals surface area (Å²) < 4.78 is 31.4. The van der Waals surface area contributed by atoms with E-state index >= 15 is 0 Å². The van der Waals surface area contributed by atoms with E-state index in [1.807, 2.05) is 31.2 Å². The molecule has 2 saturated heterocycles. The number of nitrogens with zero attached hydrogens (tertiary/aromatic N) is 2. The Balaban J connectivity index is 1.52. The van der Waals surface area contributed by atoms with E-state index in [1.165, 1.54) is 11.8 Å². The number of likely N-dealkylation sites (tertiary alicyclic amines) is 1. The molecule has 7 nitrogen and oxygen atoms in total. The summed E-state index contributed by atoms with van der Waals surface area (Å²) in [6.07, 6.45) is 2.68. The first-order valence-electron chi connectivity index (χ1n) is 8.99.